The molecule has 0 saturated heterocycles. The monoisotopic (exact) mass is 299 g/mol. The minimum atomic E-state index is -1.07. The van der Waals surface area contributed by atoms with E-state index in [4.69, 9.17) is 21.4 Å². The summed E-state index contributed by atoms with van der Waals surface area (Å²) in [6.07, 6.45) is 0.186. The van der Waals surface area contributed by atoms with Crippen LogP contribution >= 0.6 is 11.6 Å². The molecule has 1 rings (SSSR count). The Balaban J connectivity index is 3.01. The van der Waals surface area contributed by atoms with Gasteiger partial charge in [-0.25, -0.2) is 4.79 Å². The van der Waals surface area contributed by atoms with Crippen LogP contribution in [0.2, 0.25) is 5.02 Å². The molecule has 0 aliphatic heterocycles. The van der Waals surface area contributed by atoms with Crippen molar-refractivity contribution in [1.82, 2.24) is 5.32 Å². The number of aliphatic carboxylic acids is 1. The Kier molecular flexibility index (Phi) is 5.82. The predicted octanol–water partition coefficient (Wildman–Crippen LogP) is 2.72. The number of hydrogen-bond donors (Lipinski definition) is 2. The van der Waals surface area contributed by atoms with Crippen LogP contribution in [0.15, 0.2) is 18.2 Å². The molecule has 5 nitrogen and oxygen atoms in total. The maximum atomic E-state index is 12.2. The first-order valence-electron chi connectivity index (χ1n) is 6.35. The third kappa shape index (κ3) is 4.42. The van der Waals surface area contributed by atoms with Crippen LogP contribution < -0.4 is 10.1 Å². The molecule has 0 heterocycles. The van der Waals surface area contributed by atoms with Crippen molar-refractivity contribution in [3.05, 3.63) is 28.8 Å². The molecule has 1 aromatic rings. The minimum Gasteiger partial charge on any atom is -0.490 e. The topological polar surface area (TPSA) is 75.6 Å². The van der Waals surface area contributed by atoms with E-state index in [0.717, 1.165) is 0 Å². The van der Waals surface area contributed by atoms with E-state index in [1.165, 1.54) is 6.07 Å². The maximum absolute atomic E-state index is 12.2. The van der Waals surface area contributed by atoms with Crippen LogP contribution in [0, 0.1) is 0 Å². The van der Waals surface area contributed by atoms with Gasteiger partial charge in [0.1, 0.15) is 11.8 Å². The molecular weight excluding hydrogens is 282 g/mol. The zero-order valence-electron chi connectivity index (χ0n) is 11.6. The largest absolute Gasteiger partial charge is 0.490 e. The number of carbonyl (C=O) groups is 2. The fourth-order valence-electron chi connectivity index (χ4n) is 1.61. The van der Waals surface area contributed by atoms with Crippen molar-refractivity contribution in [3.8, 4) is 5.75 Å². The molecule has 0 aliphatic carbocycles. The maximum Gasteiger partial charge on any atom is 0.326 e. The summed E-state index contributed by atoms with van der Waals surface area (Å²) >= 11 is 5.88. The summed E-state index contributed by atoms with van der Waals surface area (Å²) in [5.41, 5.74) is 0.228. The number of carboxylic acids is 1. The number of amides is 1. The predicted molar refractivity (Wildman–Crippen MR) is 76.4 cm³/mol. The van der Waals surface area contributed by atoms with Crippen molar-refractivity contribution < 1.29 is 19.4 Å². The van der Waals surface area contributed by atoms with Gasteiger partial charge in [0.2, 0.25) is 0 Å². The normalized spacial score (nSPS) is 12.1. The third-order valence-electron chi connectivity index (χ3n) is 2.56. The molecule has 110 valence electrons. The summed E-state index contributed by atoms with van der Waals surface area (Å²) in [4.78, 5) is 23.1. The molecule has 1 amide bonds. The highest BCUT2D eigenvalue weighted by molar-refractivity contribution is 6.31. The summed E-state index contributed by atoms with van der Waals surface area (Å²) < 4.78 is 5.53. The van der Waals surface area contributed by atoms with Crippen molar-refractivity contribution in [3.63, 3.8) is 0 Å². The highest BCUT2D eigenvalue weighted by Gasteiger charge is 2.21. The summed E-state index contributed by atoms with van der Waals surface area (Å²) in [7, 11) is 0. The Bertz CT molecular complexity index is 502. The average Bonchev–Trinajstić information content (AvgIpc) is 2.36. The number of carbonyl (C=O) groups excluding carboxylic acids is 1. The molecular formula is C14H18ClNO4. The van der Waals surface area contributed by atoms with Crippen LogP contribution in [0.1, 0.15) is 37.6 Å². The second-order valence-corrected chi connectivity index (χ2v) is 5.02. The number of halogens is 1. The van der Waals surface area contributed by atoms with Crippen molar-refractivity contribution in [1.29, 1.82) is 0 Å². The first kappa shape index (κ1) is 16.3. The standard InChI is InChI=1S/C14H18ClNO4/c1-4-11(14(18)19)16-13(17)10-7-9(15)5-6-12(10)20-8(2)3/h5-8,11H,4H2,1-3H3,(H,16,17)(H,18,19). The van der Waals surface area contributed by atoms with Crippen LogP contribution in [-0.4, -0.2) is 29.1 Å². The lowest BCUT2D eigenvalue weighted by molar-refractivity contribution is -0.139. The molecule has 1 atom stereocenters. The highest BCUT2D eigenvalue weighted by Crippen LogP contribution is 2.24. The molecule has 0 aliphatic rings. The first-order valence-corrected chi connectivity index (χ1v) is 6.72. The summed E-state index contributed by atoms with van der Waals surface area (Å²) in [6.45, 7) is 5.35. The molecule has 1 aromatic carbocycles. The van der Waals surface area contributed by atoms with E-state index in [-0.39, 0.29) is 11.7 Å². The number of benzene rings is 1. The molecule has 0 bridgehead atoms. The molecule has 0 aromatic heterocycles. The summed E-state index contributed by atoms with van der Waals surface area (Å²) in [6, 6.07) is 3.74. The van der Waals surface area contributed by atoms with Gasteiger partial charge < -0.3 is 15.2 Å². The van der Waals surface area contributed by atoms with Gasteiger partial charge in [-0.2, -0.15) is 0 Å². The van der Waals surface area contributed by atoms with Crippen molar-refractivity contribution in [2.75, 3.05) is 0 Å². The van der Waals surface area contributed by atoms with E-state index < -0.39 is 17.9 Å². The van der Waals surface area contributed by atoms with Gasteiger partial charge in [0, 0.05) is 5.02 Å². The third-order valence-corrected chi connectivity index (χ3v) is 2.80. The Labute approximate surface area is 122 Å². The number of ether oxygens (including phenoxy) is 1. The second-order valence-electron chi connectivity index (χ2n) is 4.58. The van der Waals surface area contributed by atoms with Gasteiger partial charge in [-0.3, -0.25) is 4.79 Å². The zero-order valence-corrected chi connectivity index (χ0v) is 12.4. The molecule has 1 unspecified atom stereocenters. The van der Waals surface area contributed by atoms with E-state index in [1.807, 2.05) is 13.8 Å². The van der Waals surface area contributed by atoms with Crippen LogP contribution in [0.25, 0.3) is 0 Å². The smallest absolute Gasteiger partial charge is 0.326 e. The Morgan fingerprint density at radius 3 is 2.55 bits per heavy atom. The zero-order chi connectivity index (χ0) is 15.3. The van der Waals surface area contributed by atoms with Gasteiger partial charge in [0.25, 0.3) is 5.91 Å². The fourth-order valence-corrected chi connectivity index (χ4v) is 1.78. The second kappa shape index (κ2) is 7.14. The summed E-state index contributed by atoms with van der Waals surface area (Å²) in [5.74, 6) is -1.21. The van der Waals surface area contributed by atoms with Crippen LogP contribution in [0.4, 0.5) is 0 Å². The van der Waals surface area contributed by atoms with Crippen molar-refractivity contribution in [2.24, 2.45) is 0 Å². The fraction of sp³-hybridized carbons (Fsp3) is 0.429. The van der Waals surface area contributed by atoms with Gasteiger partial charge in [0.15, 0.2) is 0 Å². The van der Waals surface area contributed by atoms with E-state index >= 15 is 0 Å². The lowest BCUT2D eigenvalue weighted by atomic mass is 10.1. The number of carboxylic acid groups (broad SMARTS) is 1. The van der Waals surface area contributed by atoms with Crippen molar-refractivity contribution >= 4 is 23.5 Å². The van der Waals surface area contributed by atoms with E-state index in [2.05, 4.69) is 5.32 Å². The number of nitrogens with one attached hydrogen (secondary N) is 1. The Morgan fingerprint density at radius 2 is 2.05 bits per heavy atom. The van der Waals surface area contributed by atoms with E-state index in [0.29, 0.717) is 17.2 Å². The molecule has 20 heavy (non-hydrogen) atoms. The summed E-state index contributed by atoms with van der Waals surface area (Å²) in [5, 5.41) is 11.8. The van der Waals surface area contributed by atoms with Crippen molar-refractivity contribution in [2.45, 2.75) is 39.3 Å². The average molecular weight is 300 g/mol. The Morgan fingerprint density at radius 1 is 1.40 bits per heavy atom. The molecule has 0 spiro atoms. The van der Waals surface area contributed by atoms with Gasteiger partial charge in [-0.15, -0.1) is 0 Å². The van der Waals surface area contributed by atoms with Gasteiger partial charge >= 0.3 is 5.97 Å². The first-order chi connectivity index (χ1) is 9.35. The van der Waals surface area contributed by atoms with E-state index in [1.54, 1.807) is 19.1 Å². The van der Waals surface area contributed by atoms with Crippen LogP contribution in [-0.2, 0) is 4.79 Å². The SMILES string of the molecule is CCC(NC(=O)c1cc(Cl)ccc1OC(C)C)C(=O)O. The quantitative estimate of drug-likeness (QED) is 0.847. The number of rotatable bonds is 6. The molecule has 0 saturated carbocycles. The van der Waals surface area contributed by atoms with Gasteiger partial charge in [0.05, 0.1) is 11.7 Å². The molecule has 6 heteroatoms. The molecule has 0 fully saturated rings. The number of hydrogen-bond acceptors (Lipinski definition) is 3. The van der Waals surface area contributed by atoms with E-state index in [9.17, 15) is 9.59 Å². The van der Waals surface area contributed by atoms with Gasteiger partial charge in [-0.1, -0.05) is 18.5 Å². The van der Waals surface area contributed by atoms with Gasteiger partial charge in [-0.05, 0) is 38.5 Å². The minimum absolute atomic E-state index is 0.107. The van der Waals surface area contributed by atoms with Crippen LogP contribution in [0.5, 0.6) is 5.75 Å². The van der Waals surface area contributed by atoms with Crippen LogP contribution in [0.3, 0.4) is 0 Å². The molecule has 0 radical (unpaired) electrons. The highest BCUT2D eigenvalue weighted by atomic mass is 35.5. The lowest BCUT2D eigenvalue weighted by Gasteiger charge is -2.16. The lowest BCUT2D eigenvalue weighted by Crippen LogP contribution is -2.40. The molecule has 2 N–H and O–H groups in total. The Hall–Kier alpha value is -1.75.